The summed E-state index contributed by atoms with van der Waals surface area (Å²) in [6.07, 6.45) is 0. The Morgan fingerprint density at radius 3 is 2.55 bits per heavy atom. The van der Waals surface area contributed by atoms with E-state index < -0.39 is 22.8 Å². The smallest absolute Gasteiger partial charge is 0.395 e. The summed E-state index contributed by atoms with van der Waals surface area (Å²) in [6.45, 7) is 0. The Labute approximate surface area is 113 Å². The first-order valence-corrected chi connectivity index (χ1v) is 5.61. The van der Waals surface area contributed by atoms with E-state index in [-0.39, 0.29) is 5.76 Å². The summed E-state index contributed by atoms with van der Waals surface area (Å²) >= 11 is 0. The minimum Gasteiger partial charge on any atom is -0.395 e. The van der Waals surface area contributed by atoms with Crippen molar-refractivity contribution in [2.75, 3.05) is 0 Å². The third-order valence-electron chi connectivity index (χ3n) is 2.53. The van der Waals surface area contributed by atoms with Crippen molar-refractivity contribution in [2.24, 2.45) is 0 Å². The van der Waals surface area contributed by atoms with Gasteiger partial charge in [0.25, 0.3) is 5.91 Å². The van der Waals surface area contributed by atoms with Gasteiger partial charge >= 0.3 is 5.88 Å². The van der Waals surface area contributed by atoms with Gasteiger partial charge in [-0.3, -0.25) is 14.9 Å². The number of nitrogens with zero attached hydrogens (tertiary/aromatic N) is 2. The van der Waals surface area contributed by atoms with E-state index in [2.05, 4.69) is 5.32 Å². The molecule has 0 bridgehead atoms. The number of nitro groups is 1. The monoisotopic (exact) mass is 271 g/mol. The Kier molecular flexibility index (Phi) is 3.77. The molecule has 2 rings (SSSR count). The Bertz CT molecular complexity index is 672. The van der Waals surface area contributed by atoms with Crippen molar-refractivity contribution in [1.82, 2.24) is 5.32 Å². The predicted molar refractivity (Wildman–Crippen MR) is 67.6 cm³/mol. The summed E-state index contributed by atoms with van der Waals surface area (Å²) in [4.78, 5) is 21.6. The van der Waals surface area contributed by atoms with Gasteiger partial charge in [-0.1, -0.05) is 30.3 Å². The highest BCUT2D eigenvalue weighted by atomic mass is 16.6. The first-order chi connectivity index (χ1) is 9.61. The van der Waals surface area contributed by atoms with Gasteiger partial charge in [-0.15, -0.1) is 0 Å². The molecule has 1 heterocycles. The topological polar surface area (TPSA) is 109 Å². The standard InChI is InChI=1S/C13H9N3O4/c14-8-10(9-4-2-1-3-5-9)15-13(17)11-6-7-12(20-11)16(18)19/h1-7,10H,(H,15,17). The Hall–Kier alpha value is -3.14. The van der Waals surface area contributed by atoms with Crippen LogP contribution in [-0.2, 0) is 0 Å². The van der Waals surface area contributed by atoms with E-state index in [0.717, 1.165) is 6.07 Å². The summed E-state index contributed by atoms with van der Waals surface area (Å²) in [6, 6.07) is 12.0. The van der Waals surface area contributed by atoms with Crippen LogP contribution in [0.25, 0.3) is 0 Å². The number of benzene rings is 1. The fraction of sp³-hybridized carbons (Fsp3) is 0.0769. The molecule has 0 aliphatic heterocycles. The fourth-order valence-corrected chi connectivity index (χ4v) is 1.59. The highest BCUT2D eigenvalue weighted by molar-refractivity contribution is 5.92. The van der Waals surface area contributed by atoms with E-state index in [4.69, 9.17) is 9.68 Å². The van der Waals surface area contributed by atoms with E-state index in [0.29, 0.717) is 5.56 Å². The molecule has 0 fully saturated rings. The molecule has 1 N–H and O–H groups in total. The van der Waals surface area contributed by atoms with Crippen molar-refractivity contribution in [2.45, 2.75) is 6.04 Å². The lowest BCUT2D eigenvalue weighted by Crippen LogP contribution is -2.27. The number of furan rings is 1. The lowest BCUT2D eigenvalue weighted by molar-refractivity contribution is -0.402. The molecule has 0 aliphatic carbocycles. The first kappa shape index (κ1) is 13.3. The molecule has 0 saturated carbocycles. The van der Waals surface area contributed by atoms with Crippen molar-refractivity contribution >= 4 is 11.8 Å². The van der Waals surface area contributed by atoms with Gasteiger partial charge in [0, 0.05) is 0 Å². The van der Waals surface area contributed by atoms with Crippen LogP contribution in [0.15, 0.2) is 46.9 Å². The number of carbonyl (C=O) groups excluding carboxylic acids is 1. The highest BCUT2D eigenvalue weighted by Gasteiger charge is 2.20. The van der Waals surface area contributed by atoms with Crippen molar-refractivity contribution in [3.63, 3.8) is 0 Å². The van der Waals surface area contributed by atoms with Crippen molar-refractivity contribution in [3.05, 3.63) is 63.9 Å². The van der Waals surface area contributed by atoms with Crippen molar-refractivity contribution in [1.29, 1.82) is 5.26 Å². The molecule has 0 radical (unpaired) electrons. The van der Waals surface area contributed by atoms with Crippen LogP contribution in [0.2, 0.25) is 0 Å². The molecular formula is C13H9N3O4. The van der Waals surface area contributed by atoms with Gasteiger partial charge in [0.15, 0.2) is 5.76 Å². The van der Waals surface area contributed by atoms with Crippen LogP contribution in [-0.4, -0.2) is 10.8 Å². The summed E-state index contributed by atoms with van der Waals surface area (Å²) < 4.78 is 4.77. The van der Waals surface area contributed by atoms with Gasteiger partial charge in [0.2, 0.25) is 0 Å². The van der Waals surface area contributed by atoms with Gasteiger partial charge in [-0.25, -0.2) is 0 Å². The van der Waals surface area contributed by atoms with E-state index in [9.17, 15) is 14.9 Å². The lowest BCUT2D eigenvalue weighted by Gasteiger charge is -2.10. The number of hydrogen-bond donors (Lipinski definition) is 1. The molecule has 0 saturated heterocycles. The van der Waals surface area contributed by atoms with Crippen LogP contribution in [0.5, 0.6) is 0 Å². The number of nitriles is 1. The Balaban J connectivity index is 2.14. The van der Waals surface area contributed by atoms with Crippen LogP contribution in [0, 0.1) is 21.4 Å². The molecule has 1 aromatic carbocycles. The molecule has 20 heavy (non-hydrogen) atoms. The zero-order chi connectivity index (χ0) is 14.5. The quantitative estimate of drug-likeness (QED) is 0.677. The molecule has 0 aliphatic rings. The summed E-state index contributed by atoms with van der Waals surface area (Å²) in [5.74, 6) is -1.43. The molecule has 1 unspecified atom stereocenters. The van der Waals surface area contributed by atoms with E-state index >= 15 is 0 Å². The zero-order valence-electron chi connectivity index (χ0n) is 10.1. The molecule has 7 heteroatoms. The fourth-order valence-electron chi connectivity index (χ4n) is 1.59. The van der Waals surface area contributed by atoms with Crippen molar-refractivity contribution < 1.29 is 14.1 Å². The number of hydrogen-bond acceptors (Lipinski definition) is 5. The normalized spacial score (nSPS) is 11.3. The number of nitrogens with one attached hydrogen (secondary N) is 1. The zero-order valence-corrected chi connectivity index (χ0v) is 10.1. The lowest BCUT2D eigenvalue weighted by atomic mass is 10.1. The number of amides is 1. The maximum atomic E-state index is 11.8. The number of carbonyl (C=O) groups is 1. The second-order valence-corrected chi connectivity index (χ2v) is 3.84. The molecule has 1 atom stereocenters. The molecule has 7 nitrogen and oxygen atoms in total. The average Bonchev–Trinajstić information content (AvgIpc) is 2.95. The van der Waals surface area contributed by atoms with Gasteiger partial charge in [-0.2, -0.15) is 5.26 Å². The van der Waals surface area contributed by atoms with E-state index in [1.54, 1.807) is 30.3 Å². The molecular weight excluding hydrogens is 262 g/mol. The largest absolute Gasteiger partial charge is 0.433 e. The average molecular weight is 271 g/mol. The van der Waals surface area contributed by atoms with Crippen LogP contribution in [0.1, 0.15) is 22.2 Å². The molecule has 100 valence electrons. The summed E-state index contributed by atoms with van der Waals surface area (Å²) in [5, 5.41) is 22.0. The Morgan fingerprint density at radius 1 is 1.30 bits per heavy atom. The maximum Gasteiger partial charge on any atom is 0.433 e. The molecule has 0 spiro atoms. The minimum atomic E-state index is -0.854. The Morgan fingerprint density at radius 2 is 2.00 bits per heavy atom. The predicted octanol–water partition coefficient (Wildman–Crippen LogP) is 2.18. The first-order valence-electron chi connectivity index (χ1n) is 5.61. The van der Waals surface area contributed by atoms with Crippen LogP contribution >= 0.6 is 0 Å². The van der Waals surface area contributed by atoms with Crippen LogP contribution in [0.3, 0.4) is 0 Å². The summed E-state index contributed by atoms with van der Waals surface area (Å²) in [5.41, 5.74) is 0.615. The molecule has 1 aromatic heterocycles. The maximum absolute atomic E-state index is 11.8. The van der Waals surface area contributed by atoms with Crippen molar-refractivity contribution in [3.8, 4) is 6.07 Å². The third kappa shape index (κ3) is 2.81. The van der Waals surface area contributed by atoms with E-state index in [1.165, 1.54) is 6.07 Å². The van der Waals surface area contributed by atoms with Gasteiger partial charge < -0.3 is 9.73 Å². The summed E-state index contributed by atoms with van der Waals surface area (Å²) in [7, 11) is 0. The van der Waals surface area contributed by atoms with E-state index in [1.807, 2.05) is 6.07 Å². The SMILES string of the molecule is N#CC(NC(=O)c1ccc([N+](=O)[O-])o1)c1ccccc1. The second kappa shape index (κ2) is 5.67. The minimum absolute atomic E-state index is 0.215. The highest BCUT2D eigenvalue weighted by Crippen LogP contribution is 2.17. The van der Waals surface area contributed by atoms with Gasteiger partial charge in [-0.05, 0) is 11.6 Å². The second-order valence-electron chi connectivity index (χ2n) is 3.84. The van der Waals surface area contributed by atoms with Gasteiger partial charge in [0.05, 0.1) is 12.1 Å². The molecule has 2 aromatic rings. The van der Waals surface area contributed by atoms with Gasteiger partial charge in [0.1, 0.15) is 11.0 Å². The third-order valence-corrected chi connectivity index (χ3v) is 2.53. The van der Waals surface area contributed by atoms with Crippen LogP contribution in [0.4, 0.5) is 5.88 Å². The molecule has 1 amide bonds. The number of rotatable bonds is 4. The van der Waals surface area contributed by atoms with Crippen LogP contribution < -0.4 is 5.32 Å².